The number of benzene rings is 3. The van der Waals surface area contributed by atoms with Gasteiger partial charge in [-0.15, -0.1) is 0 Å². The summed E-state index contributed by atoms with van der Waals surface area (Å²) in [6, 6.07) is 18.6. The maximum absolute atomic E-state index is 12.9. The summed E-state index contributed by atoms with van der Waals surface area (Å²) in [7, 11) is -3.77. The molecule has 0 saturated carbocycles. The average Bonchev–Trinajstić information content (AvgIpc) is 2.59. The Morgan fingerprint density at radius 1 is 0.800 bits per heavy atom. The van der Waals surface area contributed by atoms with Crippen LogP contribution < -0.4 is 10.0 Å². The van der Waals surface area contributed by atoms with E-state index in [-0.39, 0.29) is 4.90 Å². The molecule has 0 saturated heterocycles. The number of hydrogen-bond acceptors (Lipinski definition) is 3. The van der Waals surface area contributed by atoms with E-state index in [1.807, 2.05) is 18.2 Å². The quantitative estimate of drug-likeness (QED) is 0.657. The minimum atomic E-state index is -3.77. The van der Waals surface area contributed by atoms with Gasteiger partial charge in [-0.05, 0) is 60.7 Å². The van der Waals surface area contributed by atoms with E-state index in [0.29, 0.717) is 10.7 Å². The Morgan fingerprint density at radius 3 is 2.04 bits per heavy atom. The molecule has 3 aromatic carbocycles. The van der Waals surface area contributed by atoms with Gasteiger partial charge in [-0.3, -0.25) is 4.72 Å². The molecule has 0 radical (unpaired) electrons. The summed E-state index contributed by atoms with van der Waals surface area (Å²) in [5, 5.41) is 3.74. The van der Waals surface area contributed by atoms with Gasteiger partial charge in [0.1, 0.15) is 5.82 Å². The molecule has 3 rings (SSSR count). The zero-order valence-electron chi connectivity index (χ0n) is 12.9. The van der Waals surface area contributed by atoms with E-state index in [9.17, 15) is 12.8 Å². The van der Waals surface area contributed by atoms with Crippen LogP contribution in [0.2, 0.25) is 5.02 Å². The van der Waals surface area contributed by atoms with Gasteiger partial charge in [-0.1, -0.05) is 23.7 Å². The predicted octanol–water partition coefficient (Wildman–Crippen LogP) is 5.02. The SMILES string of the molecule is O=S(=O)(Nc1ccc(Nc2ccccc2Cl)cc1)c1ccc(F)cc1. The molecule has 0 spiro atoms. The molecule has 0 heterocycles. The van der Waals surface area contributed by atoms with Gasteiger partial charge in [0.05, 0.1) is 15.6 Å². The summed E-state index contributed by atoms with van der Waals surface area (Å²) in [4.78, 5) is -0.00725. The Bertz CT molecular complexity index is 975. The van der Waals surface area contributed by atoms with Crippen molar-refractivity contribution in [1.82, 2.24) is 0 Å². The van der Waals surface area contributed by atoms with Crippen molar-refractivity contribution in [3.8, 4) is 0 Å². The lowest BCUT2D eigenvalue weighted by Gasteiger charge is -2.11. The van der Waals surface area contributed by atoms with E-state index in [2.05, 4.69) is 10.0 Å². The maximum atomic E-state index is 12.9. The summed E-state index contributed by atoms with van der Waals surface area (Å²) < 4.78 is 39.9. The summed E-state index contributed by atoms with van der Waals surface area (Å²) >= 11 is 6.09. The molecular weight excluding hydrogens is 363 g/mol. The molecule has 0 unspecified atom stereocenters. The maximum Gasteiger partial charge on any atom is 0.261 e. The van der Waals surface area contributed by atoms with E-state index in [1.165, 1.54) is 12.1 Å². The molecule has 4 nitrogen and oxygen atoms in total. The summed E-state index contributed by atoms with van der Waals surface area (Å²) in [6.07, 6.45) is 0. The van der Waals surface area contributed by atoms with E-state index < -0.39 is 15.8 Å². The molecule has 0 aliphatic carbocycles. The van der Waals surface area contributed by atoms with Crippen LogP contribution in [-0.2, 0) is 10.0 Å². The van der Waals surface area contributed by atoms with Crippen molar-refractivity contribution in [2.24, 2.45) is 0 Å². The summed E-state index contributed by atoms with van der Waals surface area (Å²) in [5.74, 6) is -0.492. The van der Waals surface area contributed by atoms with Gasteiger partial charge in [-0.2, -0.15) is 0 Å². The molecule has 2 N–H and O–H groups in total. The zero-order valence-corrected chi connectivity index (χ0v) is 14.5. The molecule has 0 aromatic heterocycles. The second kappa shape index (κ2) is 7.13. The molecule has 0 atom stereocenters. The van der Waals surface area contributed by atoms with E-state index in [4.69, 9.17) is 11.6 Å². The zero-order chi connectivity index (χ0) is 17.9. The number of rotatable bonds is 5. The molecule has 0 aliphatic heterocycles. The fourth-order valence-corrected chi connectivity index (χ4v) is 3.41. The van der Waals surface area contributed by atoms with Crippen molar-refractivity contribution < 1.29 is 12.8 Å². The molecule has 128 valence electrons. The number of nitrogens with one attached hydrogen (secondary N) is 2. The van der Waals surface area contributed by atoms with E-state index in [1.54, 1.807) is 30.3 Å². The lowest BCUT2D eigenvalue weighted by molar-refractivity contribution is 0.599. The third-order valence-corrected chi connectivity index (χ3v) is 5.14. The third kappa shape index (κ3) is 4.29. The molecule has 0 aliphatic rings. The summed E-state index contributed by atoms with van der Waals surface area (Å²) in [5.41, 5.74) is 1.91. The lowest BCUT2D eigenvalue weighted by atomic mass is 10.2. The number of hydrogen-bond donors (Lipinski definition) is 2. The number of para-hydroxylation sites is 1. The van der Waals surface area contributed by atoms with Gasteiger partial charge in [0.25, 0.3) is 10.0 Å². The van der Waals surface area contributed by atoms with Gasteiger partial charge < -0.3 is 5.32 Å². The van der Waals surface area contributed by atoms with Crippen molar-refractivity contribution in [2.75, 3.05) is 10.0 Å². The minimum Gasteiger partial charge on any atom is -0.354 e. The van der Waals surface area contributed by atoms with Crippen LogP contribution in [0.5, 0.6) is 0 Å². The Kier molecular flexibility index (Phi) is 4.92. The first kappa shape index (κ1) is 17.3. The van der Waals surface area contributed by atoms with Crippen molar-refractivity contribution >= 4 is 38.7 Å². The van der Waals surface area contributed by atoms with Gasteiger partial charge in [0.15, 0.2) is 0 Å². The third-order valence-electron chi connectivity index (χ3n) is 3.41. The molecule has 3 aromatic rings. The van der Waals surface area contributed by atoms with Crippen LogP contribution in [-0.4, -0.2) is 8.42 Å². The smallest absolute Gasteiger partial charge is 0.261 e. The van der Waals surface area contributed by atoms with Crippen molar-refractivity contribution in [2.45, 2.75) is 4.90 Å². The highest BCUT2D eigenvalue weighted by Crippen LogP contribution is 2.26. The molecule has 0 fully saturated rings. The average molecular weight is 377 g/mol. The van der Waals surface area contributed by atoms with Crippen LogP contribution in [0.1, 0.15) is 0 Å². The van der Waals surface area contributed by atoms with Crippen LogP contribution in [0.3, 0.4) is 0 Å². The van der Waals surface area contributed by atoms with Crippen LogP contribution in [0.15, 0.2) is 77.7 Å². The lowest BCUT2D eigenvalue weighted by Crippen LogP contribution is -2.12. The highest BCUT2D eigenvalue weighted by molar-refractivity contribution is 7.92. The van der Waals surface area contributed by atoms with Gasteiger partial charge >= 0.3 is 0 Å². The van der Waals surface area contributed by atoms with Crippen LogP contribution in [0, 0.1) is 5.82 Å². The number of halogens is 2. The Morgan fingerprint density at radius 2 is 1.40 bits per heavy atom. The first-order chi connectivity index (χ1) is 11.9. The standard InChI is InChI=1S/C18H14ClFN2O2S/c19-17-3-1-2-4-18(17)21-14-7-9-15(10-8-14)22-25(23,24)16-11-5-13(20)6-12-16/h1-12,21-22H. The molecule has 0 bridgehead atoms. The first-order valence-corrected chi connectivity index (χ1v) is 9.20. The van der Waals surface area contributed by atoms with Crippen LogP contribution in [0.25, 0.3) is 0 Å². The monoisotopic (exact) mass is 376 g/mol. The Hall–Kier alpha value is -2.57. The van der Waals surface area contributed by atoms with Crippen LogP contribution >= 0.6 is 11.6 Å². The van der Waals surface area contributed by atoms with Crippen molar-refractivity contribution in [1.29, 1.82) is 0 Å². The fraction of sp³-hybridized carbons (Fsp3) is 0. The predicted molar refractivity (Wildman–Crippen MR) is 98.4 cm³/mol. The largest absolute Gasteiger partial charge is 0.354 e. The molecule has 25 heavy (non-hydrogen) atoms. The van der Waals surface area contributed by atoms with Crippen molar-refractivity contribution in [3.05, 3.63) is 83.6 Å². The fourth-order valence-electron chi connectivity index (χ4n) is 2.17. The second-order valence-electron chi connectivity index (χ2n) is 5.24. The molecule has 0 amide bonds. The van der Waals surface area contributed by atoms with Gasteiger partial charge in [-0.25, -0.2) is 12.8 Å². The van der Waals surface area contributed by atoms with E-state index >= 15 is 0 Å². The number of sulfonamides is 1. The Balaban J connectivity index is 1.74. The van der Waals surface area contributed by atoms with E-state index in [0.717, 1.165) is 23.5 Å². The topological polar surface area (TPSA) is 58.2 Å². The highest BCUT2D eigenvalue weighted by Gasteiger charge is 2.14. The minimum absolute atomic E-state index is 0.00725. The highest BCUT2D eigenvalue weighted by atomic mass is 35.5. The van der Waals surface area contributed by atoms with Crippen LogP contribution in [0.4, 0.5) is 21.5 Å². The normalized spacial score (nSPS) is 11.1. The van der Waals surface area contributed by atoms with Crippen molar-refractivity contribution in [3.63, 3.8) is 0 Å². The second-order valence-corrected chi connectivity index (χ2v) is 7.33. The Labute approximate surface area is 150 Å². The molecule has 7 heteroatoms. The van der Waals surface area contributed by atoms with Gasteiger partial charge in [0.2, 0.25) is 0 Å². The number of anilines is 3. The first-order valence-electron chi connectivity index (χ1n) is 7.34. The summed E-state index contributed by atoms with van der Waals surface area (Å²) in [6.45, 7) is 0. The molecular formula is C18H14ClFN2O2S. The van der Waals surface area contributed by atoms with Gasteiger partial charge in [0, 0.05) is 11.4 Å².